The number of nitrogens with zero attached hydrogens (tertiary/aromatic N) is 5. The minimum absolute atomic E-state index is 0.0868. The first kappa shape index (κ1) is 17.3. The maximum atomic E-state index is 6.26. The molecule has 0 spiro atoms. The predicted octanol–water partition coefficient (Wildman–Crippen LogP) is 3.21. The molecule has 0 unspecified atom stereocenters. The molecule has 3 heterocycles. The monoisotopic (exact) mass is 368 g/mol. The fourth-order valence-corrected chi connectivity index (χ4v) is 4.28. The highest BCUT2D eigenvalue weighted by Gasteiger charge is 2.28. The van der Waals surface area contributed by atoms with Gasteiger partial charge in [-0.15, -0.1) is 0 Å². The van der Waals surface area contributed by atoms with Gasteiger partial charge in [-0.1, -0.05) is 23.9 Å². The number of aryl methyl sites for hydroxylation is 1. The smallest absolute Gasteiger partial charge is 0.228 e. The fourth-order valence-electron chi connectivity index (χ4n) is 3.24. The Labute approximate surface area is 157 Å². The summed E-state index contributed by atoms with van der Waals surface area (Å²) in [5, 5.41) is 4.43. The molecule has 1 saturated heterocycles. The number of hydrogen-bond acceptors (Lipinski definition) is 6. The van der Waals surface area contributed by atoms with Crippen molar-refractivity contribution in [3.8, 4) is 0 Å². The Hall–Kier alpha value is -2.12. The zero-order valence-corrected chi connectivity index (χ0v) is 16.3. The van der Waals surface area contributed by atoms with E-state index in [-0.39, 0.29) is 5.54 Å². The van der Waals surface area contributed by atoms with Gasteiger partial charge in [-0.3, -0.25) is 0 Å². The third-order valence-corrected chi connectivity index (χ3v) is 6.39. The third-order valence-electron chi connectivity index (χ3n) is 5.22. The van der Waals surface area contributed by atoms with Crippen LogP contribution >= 0.6 is 11.8 Å². The van der Waals surface area contributed by atoms with Crippen molar-refractivity contribution in [1.29, 1.82) is 0 Å². The summed E-state index contributed by atoms with van der Waals surface area (Å²) in [5.74, 6) is 0.846. The van der Waals surface area contributed by atoms with E-state index in [9.17, 15) is 0 Å². The summed E-state index contributed by atoms with van der Waals surface area (Å²) in [7, 11) is 0. The van der Waals surface area contributed by atoms with Crippen LogP contribution in [0.15, 0.2) is 40.5 Å². The van der Waals surface area contributed by atoms with Crippen molar-refractivity contribution in [2.24, 2.45) is 5.73 Å². The van der Waals surface area contributed by atoms with Crippen LogP contribution in [0.4, 0.5) is 5.95 Å². The van der Waals surface area contributed by atoms with Crippen molar-refractivity contribution in [3.63, 3.8) is 0 Å². The van der Waals surface area contributed by atoms with E-state index in [1.807, 2.05) is 10.7 Å². The number of benzene rings is 1. The topological polar surface area (TPSA) is 72.3 Å². The van der Waals surface area contributed by atoms with Crippen molar-refractivity contribution in [1.82, 2.24) is 19.6 Å². The largest absolute Gasteiger partial charge is 0.341 e. The molecule has 0 aliphatic carbocycles. The molecule has 4 rings (SSSR count). The minimum Gasteiger partial charge on any atom is -0.341 e. The SMILES string of the molecule is Cc1cccc(Sc2cnc(N3CCC(C)(N)CC3)n3ncnc23)c1C. The lowest BCUT2D eigenvalue weighted by molar-refractivity contribution is 0.360. The standard InChI is InChI=1S/C19H24N6S/c1-13-5-4-6-15(14(13)2)26-16-11-21-18(25-17(16)22-12-23-25)24-9-7-19(3,20)8-10-24/h4-6,11-12H,7-10,20H2,1-3H3. The molecule has 1 aliphatic rings. The molecule has 3 aromatic rings. The summed E-state index contributed by atoms with van der Waals surface area (Å²) in [6, 6.07) is 6.36. The van der Waals surface area contributed by atoms with Gasteiger partial charge in [0.1, 0.15) is 6.33 Å². The van der Waals surface area contributed by atoms with Gasteiger partial charge in [0.05, 0.1) is 4.90 Å². The molecular weight excluding hydrogens is 344 g/mol. The van der Waals surface area contributed by atoms with Crippen molar-refractivity contribution in [3.05, 3.63) is 41.9 Å². The highest BCUT2D eigenvalue weighted by Crippen LogP contribution is 2.34. The number of hydrogen-bond donors (Lipinski definition) is 1. The first-order chi connectivity index (χ1) is 12.4. The maximum absolute atomic E-state index is 6.26. The number of fused-ring (bicyclic) bond motifs is 1. The van der Waals surface area contributed by atoms with Crippen molar-refractivity contribution < 1.29 is 0 Å². The molecule has 1 aliphatic heterocycles. The maximum Gasteiger partial charge on any atom is 0.228 e. The zero-order chi connectivity index (χ0) is 18.3. The fraction of sp³-hybridized carbons (Fsp3) is 0.421. The first-order valence-corrected chi connectivity index (χ1v) is 9.73. The molecule has 136 valence electrons. The van der Waals surface area contributed by atoms with Crippen molar-refractivity contribution in [2.75, 3.05) is 18.0 Å². The Morgan fingerprint density at radius 1 is 1.12 bits per heavy atom. The average molecular weight is 369 g/mol. The summed E-state index contributed by atoms with van der Waals surface area (Å²) >= 11 is 1.69. The second-order valence-electron chi connectivity index (χ2n) is 7.36. The van der Waals surface area contributed by atoms with Crippen molar-refractivity contribution >= 4 is 23.4 Å². The molecule has 0 bridgehead atoms. The number of anilines is 1. The van der Waals surface area contributed by atoms with Gasteiger partial charge in [-0.25, -0.2) is 9.97 Å². The van der Waals surface area contributed by atoms with Crippen LogP contribution in [0.2, 0.25) is 0 Å². The van der Waals surface area contributed by atoms with Gasteiger partial charge in [0.2, 0.25) is 5.95 Å². The lowest BCUT2D eigenvalue weighted by Crippen LogP contribution is -2.48. The van der Waals surface area contributed by atoms with E-state index in [2.05, 4.69) is 54.0 Å². The second-order valence-corrected chi connectivity index (χ2v) is 8.44. The lowest BCUT2D eigenvalue weighted by atomic mass is 9.91. The van der Waals surface area contributed by atoms with Gasteiger partial charge < -0.3 is 10.6 Å². The summed E-state index contributed by atoms with van der Waals surface area (Å²) in [6.45, 7) is 8.18. The highest BCUT2D eigenvalue weighted by atomic mass is 32.2. The van der Waals surface area contributed by atoms with Crippen LogP contribution in [0.25, 0.3) is 5.65 Å². The van der Waals surface area contributed by atoms with E-state index in [0.29, 0.717) is 0 Å². The summed E-state index contributed by atoms with van der Waals surface area (Å²) in [4.78, 5) is 13.7. The van der Waals surface area contributed by atoms with Crippen molar-refractivity contribution in [2.45, 2.75) is 48.9 Å². The van der Waals surface area contributed by atoms with Crippen LogP contribution in [-0.4, -0.2) is 38.2 Å². The molecule has 2 aromatic heterocycles. The van der Waals surface area contributed by atoms with Crippen LogP contribution in [0.1, 0.15) is 30.9 Å². The van der Waals surface area contributed by atoms with Gasteiger partial charge in [0.25, 0.3) is 0 Å². The first-order valence-electron chi connectivity index (χ1n) is 8.91. The normalized spacial score (nSPS) is 17.0. The molecule has 1 fully saturated rings. The van der Waals surface area contributed by atoms with E-state index in [1.165, 1.54) is 16.0 Å². The predicted molar refractivity (Wildman–Crippen MR) is 105 cm³/mol. The van der Waals surface area contributed by atoms with Crippen LogP contribution in [-0.2, 0) is 0 Å². The van der Waals surface area contributed by atoms with E-state index in [0.717, 1.165) is 42.4 Å². The average Bonchev–Trinajstić information content (AvgIpc) is 3.10. The van der Waals surface area contributed by atoms with Crippen LogP contribution in [0.3, 0.4) is 0 Å². The molecule has 7 heteroatoms. The zero-order valence-electron chi connectivity index (χ0n) is 15.4. The molecule has 1 aromatic carbocycles. The molecule has 0 amide bonds. The summed E-state index contributed by atoms with van der Waals surface area (Å²) < 4.78 is 1.85. The summed E-state index contributed by atoms with van der Waals surface area (Å²) in [6.07, 6.45) is 5.42. The Kier molecular flexibility index (Phi) is 4.36. The number of aromatic nitrogens is 4. The van der Waals surface area contributed by atoms with Gasteiger partial charge in [-0.2, -0.15) is 9.61 Å². The minimum atomic E-state index is -0.0868. The molecule has 2 N–H and O–H groups in total. The summed E-state index contributed by atoms with van der Waals surface area (Å²) in [5.41, 5.74) is 9.60. The van der Waals surface area contributed by atoms with Crippen LogP contribution in [0, 0.1) is 13.8 Å². The quantitative estimate of drug-likeness (QED) is 0.765. The molecular formula is C19H24N6S. The van der Waals surface area contributed by atoms with Gasteiger partial charge in [-0.05, 0) is 50.8 Å². The number of piperidine rings is 1. The number of nitrogens with two attached hydrogens (primary N) is 1. The molecule has 6 nitrogen and oxygen atoms in total. The van der Waals surface area contributed by atoms with E-state index in [4.69, 9.17) is 10.7 Å². The third kappa shape index (κ3) is 3.17. The molecule has 0 saturated carbocycles. The van der Waals surface area contributed by atoms with Crippen LogP contribution in [0.5, 0.6) is 0 Å². The Morgan fingerprint density at radius 2 is 1.88 bits per heavy atom. The van der Waals surface area contributed by atoms with E-state index >= 15 is 0 Å². The van der Waals surface area contributed by atoms with E-state index < -0.39 is 0 Å². The number of rotatable bonds is 3. The Morgan fingerprint density at radius 3 is 2.65 bits per heavy atom. The van der Waals surface area contributed by atoms with Gasteiger partial charge in [0.15, 0.2) is 5.65 Å². The Bertz CT molecular complexity index is 938. The lowest BCUT2D eigenvalue weighted by Gasteiger charge is -2.37. The second kappa shape index (κ2) is 6.55. The van der Waals surface area contributed by atoms with E-state index in [1.54, 1.807) is 18.1 Å². The molecule has 0 radical (unpaired) electrons. The highest BCUT2D eigenvalue weighted by molar-refractivity contribution is 7.99. The molecule has 26 heavy (non-hydrogen) atoms. The van der Waals surface area contributed by atoms with Gasteiger partial charge >= 0.3 is 0 Å². The van der Waals surface area contributed by atoms with Crippen LogP contribution < -0.4 is 10.6 Å². The molecule has 0 atom stereocenters. The van der Waals surface area contributed by atoms with Gasteiger partial charge in [0, 0.05) is 29.7 Å². The Balaban J connectivity index is 1.67.